The summed E-state index contributed by atoms with van der Waals surface area (Å²) < 4.78 is 16.8. The first kappa shape index (κ1) is 26.8. The van der Waals surface area contributed by atoms with E-state index in [-0.39, 0.29) is 24.0 Å². The number of hydrogen-bond donors (Lipinski definition) is 2. The highest BCUT2D eigenvalue weighted by molar-refractivity contribution is 14.0. The molecule has 31 heavy (non-hydrogen) atoms. The van der Waals surface area contributed by atoms with Gasteiger partial charge in [0.1, 0.15) is 0 Å². The van der Waals surface area contributed by atoms with Crippen LogP contribution in [0.1, 0.15) is 35.1 Å². The Kier molecular flexibility index (Phi) is 13.3. The van der Waals surface area contributed by atoms with Gasteiger partial charge in [-0.3, -0.25) is 9.89 Å². The molecule has 3 heterocycles. The zero-order chi connectivity index (χ0) is 21.0. The van der Waals surface area contributed by atoms with E-state index in [4.69, 9.17) is 14.2 Å². The molecule has 178 valence electrons. The lowest BCUT2D eigenvalue weighted by atomic mass is 10.0. The maximum Gasteiger partial charge on any atom is 0.191 e. The fraction of sp³-hybridized carbons (Fsp3) is 0.773. The van der Waals surface area contributed by atoms with Crippen LogP contribution < -0.4 is 10.6 Å². The highest BCUT2D eigenvalue weighted by Crippen LogP contribution is 2.27. The molecule has 1 unspecified atom stereocenters. The molecule has 2 aliphatic rings. The first-order valence-electron chi connectivity index (χ1n) is 11.2. The van der Waals surface area contributed by atoms with E-state index in [2.05, 4.69) is 39.6 Å². The number of rotatable bonds is 10. The van der Waals surface area contributed by atoms with Crippen LogP contribution in [0.25, 0.3) is 0 Å². The Morgan fingerprint density at radius 3 is 2.61 bits per heavy atom. The van der Waals surface area contributed by atoms with Gasteiger partial charge >= 0.3 is 0 Å². The van der Waals surface area contributed by atoms with Crippen molar-refractivity contribution >= 4 is 41.3 Å². The summed E-state index contributed by atoms with van der Waals surface area (Å²) in [5.41, 5.74) is 0. The standard InChI is InChI=1S/C22H38N4O3S.HI/c1-18-4-5-21(30-18)20(26-9-14-28-15-10-26)16-25-22(23-2)24-8-3-11-29-17-19-6-12-27-13-7-19;/h4-5,19-20H,3,6-17H2,1-2H3,(H2,23,24,25);1H. The molecule has 1 atom stereocenters. The van der Waals surface area contributed by atoms with Crippen LogP contribution in [-0.2, 0) is 14.2 Å². The molecule has 0 saturated carbocycles. The molecule has 2 saturated heterocycles. The van der Waals surface area contributed by atoms with Crippen molar-refractivity contribution in [1.82, 2.24) is 15.5 Å². The highest BCUT2D eigenvalue weighted by Gasteiger charge is 2.24. The van der Waals surface area contributed by atoms with E-state index in [1.54, 1.807) is 0 Å². The minimum Gasteiger partial charge on any atom is -0.381 e. The maximum absolute atomic E-state index is 5.85. The molecule has 0 bridgehead atoms. The lowest BCUT2D eigenvalue weighted by Crippen LogP contribution is -2.46. The number of guanidine groups is 1. The van der Waals surface area contributed by atoms with Crippen LogP contribution in [0.5, 0.6) is 0 Å². The van der Waals surface area contributed by atoms with Gasteiger partial charge in [0.15, 0.2) is 5.96 Å². The summed E-state index contributed by atoms with van der Waals surface area (Å²) in [5, 5.41) is 6.95. The van der Waals surface area contributed by atoms with Gasteiger partial charge in [0.25, 0.3) is 0 Å². The van der Waals surface area contributed by atoms with Crippen molar-refractivity contribution in [2.24, 2.45) is 10.9 Å². The number of halogens is 1. The summed E-state index contributed by atoms with van der Waals surface area (Å²) >= 11 is 1.88. The smallest absolute Gasteiger partial charge is 0.191 e. The number of aryl methyl sites for hydroxylation is 1. The summed E-state index contributed by atoms with van der Waals surface area (Å²) in [4.78, 5) is 9.66. The third-order valence-corrected chi connectivity index (χ3v) is 6.82. The number of hydrogen-bond acceptors (Lipinski definition) is 6. The molecular formula is C22H39IN4O3S. The average molecular weight is 567 g/mol. The van der Waals surface area contributed by atoms with E-state index in [1.807, 2.05) is 18.4 Å². The van der Waals surface area contributed by atoms with E-state index < -0.39 is 0 Å². The van der Waals surface area contributed by atoms with Crippen molar-refractivity contribution < 1.29 is 14.2 Å². The lowest BCUT2D eigenvalue weighted by Gasteiger charge is -2.34. The second-order valence-corrected chi connectivity index (χ2v) is 9.30. The van der Waals surface area contributed by atoms with Gasteiger partial charge in [0.2, 0.25) is 0 Å². The van der Waals surface area contributed by atoms with Gasteiger partial charge in [-0.2, -0.15) is 0 Å². The molecule has 7 nitrogen and oxygen atoms in total. The van der Waals surface area contributed by atoms with Crippen molar-refractivity contribution in [1.29, 1.82) is 0 Å². The largest absolute Gasteiger partial charge is 0.381 e. The third-order valence-electron chi connectivity index (χ3n) is 5.71. The van der Waals surface area contributed by atoms with Crippen LogP contribution in [-0.4, -0.2) is 83.7 Å². The van der Waals surface area contributed by atoms with Crippen LogP contribution in [0.15, 0.2) is 17.1 Å². The molecule has 0 aliphatic carbocycles. The zero-order valence-corrected chi connectivity index (χ0v) is 22.1. The fourth-order valence-corrected chi connectivity index (χ4v) is 4.90. The van der Waals surface area contributed by atoms with Crippen molar-refractivity contribution in [2.75, 3.05) is 72.9 Å². The van der Waals surface area contributed by atoms with Crippen LogP contribution >= 0.6 is 35.3 Å². The molecule has 2 aliphatic heterocycles. The second kappa shape index (κ2) is 15.4. The predicted octanol–water partition coefficient (Wildman–Crippen LogP) is 3.05. The molecule has 2 fully saturated rings. The van der Waals surface area contributed by atoms with E-state index >= 15 is 0 Å². The number of ether oxygens (including phenoxy) is 3. The quantitative estimate of drug-likeness (QED) is 0.197. The van der Waals surface area contributed by atoms with Crippen LogP contribution in [0.4, 0.5) is 0 Å². The van der Waals surface area contributed by atoms with Gasteiger partial charge in [0, 0.05) is 69.4 Å². The van der Waals surface area contributed by atoms with Gasteiger partial charge in [0.05, 0.1) is 19.3 Å². The Labute approximate surface area is 208 Å². The topological polar surface area (TPSA) is 67.4 Å². The minimum atomic E-state index is 0. The Bertz CT molecular complexity index is 634. The summed E-state index contributed by atoms with van der Waals surface area (Å²) in [7, 11) is 1.83. The SMILES string of the molecule is CN=C(NCCCOCC1CCOCC1)NCC(c1ccc(C)s1)N1CCOCC1.I. The molecule has 0 spiro atoms. The lowest BCUT2D eigenvalue weighted by molar-refractivity contribution is 0.0176. The van der Waals surface area contributed by atoms with Crippen LogP contribution in [0.3, 0.4) is 0 Å². The molecule has 1 aromatic rings. The second-order valence-electron chi connectivity index (χ2n) is 7.98. The van der Waals surface area contributed by atoms with E-state index in [0.717, 1.165) is 91.0 Å². The highest BCUT2D eigenvalue weighted by atomic mass is 127. The molecule has 2 N–H and O–H groups in total. The number of thiophene rings is 1. The molecule has 1 aromatic heterocycles. The van der Waals surface area contributed by atoms with Gasteiger partial charge in [-0.1, -0.05) is 0 Å². The number of aliphatic imine (C=N–C) groups is 1. The average Bonchev–Trinajstić information content (AvgIpc) is 3.22. The van der Waals surface area contributed by atoms with Crippen molar-refractivity contribution in [3.05, 3.63) is 21.9 Å². The normalized spacial score (nSPS) is 19.6. The summed E-state index contributed by atoms with van der Waals surface area (Å²) in [6, 6.07) is 4.81. The van der Waals surface area contributed by atoms with Crippen LogP contribution in [0.2, 0.25) is 0 Å². The van der Waals surface area contributed by atoms with E-state index in [9.17, 15) is 0 Å². The molecule has 0 amide bonds. The van der Waals surface area contributed by atoms with E-state index in [1.165, 1.54) is 9.75 Å². The first-order valence-corrected chi connectivity index (χ1v) is 12.1. The fourth-order valence-electron chi connectivity index (χ4n) is 3.89. The van der Waals surface area contributed by atoms with Crippen molar-refractivity contribution in [2.45, 2.75) is 32.2 Å². The Morgan fingerprint density at radius 2 is 1.94 bits per heavy atom. The number of nitrogens with one attached hydrogen (secondary N) is 2. The predicted molar refractivity (Wildman–Crippen MR) is 138 cm³/mol. The summed E-state index contributed by atoms with van der Waals surface area (Å²) in [6.45, 7) is 10.8. The Hall–Kier alpha value is -0.460. The minimum absolute atomic E-state index is 0. The molecule has 0 radical (unpaired) electrons. The number of morpholine rings is 1. The zero-order valence-electron chi connectivity index (χ0n) is 18.9. The summed E-state index contributed by atoms with van der Waals surface area (Å²) in [6.07, 6.45) is 3.23. The molecule has 9 heteroatoms. The van der Waals surface area contributed by atoms with Gasteiger partial charge in [-0.15, -0.1) is 35.3 Å². The number of nitrogens with zero attached hydrogens (tertiary/aromatic N) is 2. The van der Waals surface area contributed by atoms with Crippen molar-refractivity contribution in [3.8, 4) is 0 Å². The maximum atomic E-state index is 5.85. The molecule has 3 rings (SSSR count). The van der Waals surface area contributed by atoms with Crippen LogP contribution in [0, 0.1) is 12.8 Å². The van der Waals surface area contributed by atoms with Gasteiger partial charge in [-0.05, 0) is 44.2 Å². The van der Waals surface area contributed by atoms with Gasteiger partial charge < -0.3 is 24.8 Å². The Balaban J connectivity index is 0.00000341. The van der Waals surface area contributed by atoms with Crippen molar-refractivity contribution in [3.63, 3.8) is 0 Å². The third kappa shape index (κ3) is 9.51. The van der Waals surface area contributed by atoms with Gasteiger partial charge in [-0.25, -0.2) is 0 Å². The molecular weight excluding hydrogens is 527 g/mol. The molecule has 0 aromatic carbocycles. The van der Waals surface area contributed by atoms with E-state index in [0.29, 0.717) is 12.0 Å². The first-order chi connectivity index (χ1) is 14.8. The monoisotopic (exact) mass is 566 g/mol. The Morgan fingerprint density at radius 1 is 1.19 bits per heavy atom. The summed E-state index contributed by atoms with van der Waals surface area (Å²) in [5.74, 6) is 1.52.